The summed E-state index contributed by atoms with van der Waals surface area (Å²) in [7, 11) is -3.68. The van der Waals surface area contributed by atoms with E-state index >= 15 is 0 Å². The molecule has 2 aromatic carbocycles. The molecule has 1 aliphatic heterocycles. The molecule has 2 heterocycles. The second kappa shape index (κ2) is 7.68. The Morgan fingerprint density at radius 1 is 1.10 bits per heavy atom. The van der Waals surface area contributed by atoms with Crippen molar-refractivity contribution in [1.29, 1.82) is 0 Å². The molecule has 8 heteroatoms. The SMILES string of the molecule is CC(C)c1ccc(S(=O)(=O)N2CCCC2c2nc(-c3ccc(F)cc3)no2)cc1. The van der Waals surface area contributed by atoms with Gasteiger partial charge in [0.25, 0.3) is 0 Å². The summed E-state index contributed by atoms with van der Waals surface area (Å²) in [6, 6.07) is 12.2. The zero-order chi connectivity index (χ0) is 20.6. The molecule has 152 valence electrons. The Morgan fingerprint density at radius 2 is 1.79 bits per heavy atom. The van der Waals surface area contributed by atoms with Gasteiger partial charge in [0.2, 0.25) is 21.7 Å². The van der Waals surface area contributed by atoms with Gasteiger partial charge in [0.15, 0.2) is 0 Å². The molecule has 1 saturated heterocycles. The van der Waals surface area contributed by atoms with Crippen LogP contribution in [0.1, 0.15) is 50.1 Å². The first-order chi connectivity index (χ1) is 13.9. The van der Waals surface area contributed by atoms with Crippen molar-refractivity contribution in [3.05, 3.63) is 65.8 Å². The highest BCUT2D eigenvalue weighted by Crippen LogP contribution is 2.36. The van der Waals surface area contributed by atoms with E-state index in [2.05, 4.69) is 24.0 Å². The fraction of sp³-hybridized carbons (Fsp3) is 0.333. The van der Waals surface area contributed by atoms with E-state index < -0.39 is 16.1 Å². The summed E-state index contributed by atoms with van der Waals surface area (Å²) in [5, 5.41) is 3.95. The molecule has 4 rings (SSSR count). The van der Waals surface area contributed by atoms with Crippen LogP contribution >= 0.6 is 0 Å². The minimum absolute atomic E-state index is 0.254. The van der Waals surface area contributed by atoms with Crippen molar-refractivity contribution in [2.75, 3.05) is 6.54 Å². The maximum atomic E-state index is 13.2. The second-order valence-electron chi connectivity index (χ2n) is 7.46. The van der Waals surface area contributed by atoms with E-state index in [9.17, 15) is 12.8 Å². The molecule has 1 aliphatic rings. The molecule has 0 N–H and O–H groups in total. The van der Waals surface area contributed by atoms with Crippen molar-refractivity contribution < 1.29 is 17.3 Å². The summed E-state index contributed by atoms with van der Waals surface area (Å²) in [4.78, 5) is 4.64. The molecule has 3 aromatic rings. The van der Waals surface area contributed by atoms with E-state index in [0.717, 1.165) is 5.56 Å². The lowest BCUT2D eigenvalue weighted by molar-refractivity contribution is 0.290. The summed E-state index contributed by atoms with van der Waals surface area (Å²) in [6.45, 7) is 4.52. The van der Waals surface area contributed by atoms with Crippen LogP contribution in [0, 0.1) is 5.82 Å². The monoisotopic (exact) mass is 415 g/mol. The van der Waals surface area contributed by atoms with Crippen molar-refractivity contribution in [3.63, 3.8) is 0 Å². The molecule has 0 radical (unpaired) electrons. The zero-order valence-corrected chi connectivity index (χ0v) is 17.1. The first-order valence-corrected chi connectivity index (χ1v) is 11.0. The van der Waals surface area contributed by atoms with E-state index in [1.165, 1.54) is 16.4 Å². The molecular formula is C21H22FN3O3S. The highest BCUT2D eigenvalue weighted by molar-refractivity contribution is 7.89. The average molecular weight is 415 g/mol. The van der Waals surface area contributed by atoms with Gasteiger partial charge >= 0.3 is 0 Å². The smallest absolute Gasteiger partial charge is 0.245 e. The van der Waals surface area contributed by atoms with E-state index in [-0.39, 0.29) is 16.6 Å². The summed E-state index contributed by atoms with van der Waals surface area (Å²) < 4.78 is 46.4. The third-order valence-corrected chi connectivity index (χ3v) is 7.11. The lowest BCUT2D eigenvalue weighted by atomic mass is 10.0. The van der Waals surface area contributed by atoms with Crippen LogP contribution in [0.3, 0.4) is 0 Å². The van der Waals surface area contributed by atoms with E-state index in [1.54, 1.807) is 24.3 Å². The van der Waals surface area contributed by atoms with Crippen LogP contribution in [-0.4, -0.2) is 29.4 Å². The Kier molecular flexibility index (Phi) is 5.23. The van der Waals surface area contributed by atoms with E-state index in [0.29, 0.717) is 36.7 Å². The minimum atomic E-state index is -3.68. The molecule has 0 spiro atoms. The standard InChI is InChI=1S/C21H22FN3O3S/c1-14(2)15-7-11-18(12-8-15)29(26,27)25-13-3-4-19(25)21-23-20(24-28-21)16-5-9-17(22)10-6-16/h5-12,14,19H,3-4,13H2,1-2H3. The van der Waals surface area contributed by atoms with Crippen LogP contribution in [0.15, 0.2) is 57.9 Å². The number of sulfonamides is 1. The van der Waals surface area contributed by atoms with Gasteiger partial charge in [-0.25, -0.2) is 12.8 Å². The molecule has 0 saturated carbocycles. The van der Waals surface area contributed by atoms with Gasteiger partial charge in [-0.1, -0.05) is 31.1 Å². The van der Waals surface area contributed by atoms with Gasteiger partial charge in [0, 0.05) is 12.1 Å². The fourth-order valence-corrected chi connectivity index (χ4v) is 5.17. The predicted molar refractivity (Wildman–Crippen MR) is 106 cm³/mol. The molecule has 1 unspecified atom stereocenters. The van der Waals surface area contributed by atoms with Crippen LogP contribution < -0.4 is 0 Å². The number of aromatic nitrogens is 2. The van der Waals surface area contributed by atoms with Gasteiger partial charge in [0.05, 0.1) is 4.90 Å². The van der Waals surface area contributed by atoms with Gasteiger partial charge in [-0.3, -0.25) is 0 Å². The number of hydrogen-bond acceptors (Lipinski definition) is 5. The lowest BCUT2D eigenvalue weighted by Gasteiger charge is -2.21. The molecule has 1 atom stereocenters. The van der Waals surface area contributed by atoms with Crippen molar-refractivity contribution in [1.82, 2.24) is 14.4 Å². The summed E-state index contributed by atoms with van der Waals surface area (Å²) in [5.74, 6) is 0.540. The van der Waals surface area contributed by atoms with Crippen molar-refractivity contribution >= 4 is 10.0 Å². The molecule has 6 nitrogen and oxygen atoms in total. The highest BCUT2D eigenvalue weighted by Gasteiger charge is 2.39. The van der Waals surface area contributed by atoms with Crippen molar-refractivity contribution in [2.45, 2.75) is 43.5 Å². The Labute approximate surface area is 169 Å². The first kappa shape index (κ1) is 19.7. The van der Waals surface area contributed by atoms with Crippen LogP contribution in [0.2, 0.25) is 0 Å². The van der Waals surface area contributed by atoms with Crippen LogP contribution in [0.5, 0.6) is 0 Å². The summed E-state index contributed by atoms with van der Waals surface area (Å²) in [6.07, 6.45) is 1.32. The van der Waals surface area contributed by atoms with Crippen molar-refractivity contribution in [3.8, 4) is 11.4 Å². The summed E-state index contributed by atoms with van der Waals surface area (Å²) >= 11 is 0. The Balaban J connectivity index is 1.61. The maximum absolute atomic E-state index is 13.2. The minimum Gasteiger partial charge on any atom is -0.337 e. The van der Waals surface area contributed by atoms with Crippen molar-refractivity contribution in [2.24, 2.45) is 0 Å². The third kappa shape index (κ3) is 3.82. The van der Waals surface area contributed by atoms with Crippen LogP contribution in [-0.2, 0) is 10.0 Å². The van der Waals surface area contributed by atoms with Gasteiger partial charge in [-0.2, -0.15) is 9.29 Å². The van der Waals surface area contributed by atoms with E-state index in [4.69, 9.17) is 4.52 Å². The molecule has 0 bridgehead atoms. The molecule has 1 aromatic heterocycles. The molecular weight excluding hydrogens is 393 g/mol. The molecule has 0 aliphatic carbocycles. The quantitative estimate of drug-likeness (QED) is 0.612. The Morgan fingerprint density at radius 3 is 2.45 bits per heavy atom. The topological polar surface area (TPSA) is 76.3 Å². The zero-order valence-electron chi connectivity index (χ0n) is 16.2. The largest absolute Gasteiger partial charge is 0.337 e. The normalized spacial score (nSPS) is 17.9. The number of nitrogens with zero attached hydrogens (tertiary/aromatic N) is 3. The Bertz CT molecular complexity index is 1090. The van der Waals surface area contributed by atoms with Crippen LogP contribution in [0.4, 0.5) is 4.39 Å². The number of hydrogen-bond donors (Lipinski definition) is 0. The second-order valence-corrected chi connectivity index (χ2v) is 9.35. The van der Waals surface area contributed by atoms with Gasteiger partial charge < -0.3 is 4.52 Å². The maximum Gasteiger partial charge on any atom is 0.245 e. The van der Waals surface area contributed by atoms with E-state index in [1.807, 2.05) is 12.1 Å². The van der Waals surface area contributed by atoms with Crippen LogP contribution in [0.25, 0.3) is 11.4 Å². The number of halogens is 1. The van der Waals surface area contributed by atoms with Gasteiger partial charge in [-0.15, -0.1) is 0 Å². The molecule has 0 amide bonds. The molecule has 1 fully saturated rings. The number of benzene rings is 2. The summed E-state index contributed by atoms with van der Waals surface area (Å²) in [5.41, 5.74) is 1.70. The fourth-order valence-electron chi connectivity index (χ4n) is 3.52. The average Bonchev–Trinajstić information content (AvgIpc) is 3.38. The lowest BCUT2D eigenvalue weighted by Crippen LogP contribution is -2.30. The Hall–Kier alpha value is -2.58. The number of rotatable bonds is 5. The highest BCUT2D eigenvalue weighted by atomic mass is 32.2. The third-order valence-electron chi connectivity index (χ3n) is 5.19. The first-order valence-electron chi connectivity index (χ1n) is 9.57. The molecule has 29 heavy (non-hydrogen) atoms. The van der Waals surface area contributed by atoms with Gasteiger partial charge in [-0.05, 0) is 60.7 Å². The predicted octanol–water partition coefficient (Wildman–Crippen LogP) is 4.52. The van der Waals surface area contributed by atoms with Gasteiger partial charge in [0.1, 0.15) is 11.9 Å².